The predicted molar refractivity (Wildman–Crippen MR) is 77.9 cm³/mol. The number of aromatic carboxylic acids is 1. The lowest BCUT2D eigenvalue weighted by Crippen LogP contribution is -2.17. The van der Waals surface area contributed by atoms with Crippen molar-refractivity contribution < 1.29 is 22.7 Å². The topological polar surface area (TPSA) is 120 Å². The van der Waals surface area contributed by atoms with Gasteiger partial charge in [0, 0.05) is 0 Å². The van der Waals surface area contributed by atoms with E-state index in [-0.39, 0.29) is 16.9 Å². The van der Waals surface area contributed by atoms with Crippen LogP contribution in [0.5, 0.6) is 0 Å². The normalized spacial score (nSPS) is 10.8. The maximum Gasteiger partial charge on any atom is 0.338 e. The SMILES string of the molecule is Cc1cc(C(=O)O)c(F)c(S(=O)(=O)Nc2ccc(C#N)nc2)c1. The zero-order chi connectivity index (χ0) is 17.2. The Bertz CT molecular complexity index is 918. The van der Waals surface area contributed by atoms with E-state index >= 15 is 0 Å². The van der Waals surface area contributed by atoms with Crippen LogP contribution < -0.4 is 4.72 Å². The number of nitriles is 1. The second-order valence-corrected chi connectivity index (χ2v) is 6.23. The fourth-order valence-electron chi connectivity index (χ4n) is 1.82. The van der Waals surface area contributed by atoms with Crippen LogP contribution in [0.25, 0.3) is 0 Å². The van der Waals surface area contributed by atoms with Gasteiger partial charge in [0.15, 0.2) is 5.82 Å². The highest BCUT2D eigenvalue weighted by molar-refractivity contribution is 7.92. The van der Waals surface area contributed by atoms with Crippen LogP contribution in [0.4, 0.5) is 10.1 Å². The van der Waals surface area contributed by atoms with Crippen LogP contribution in [-0.4, -0.2) is 24.5 Å². The number of aryl methyl sites for hydroxylation is 1. The second-order valence-electron chi connectivity index (χ2n) is 4.58. The number of halogens is 1. The molecule has 2 rings (SSSR count). The van der Waals surface area contributed by atoms with E-state index in [0.717, 1.165) is 18.3 Å². The predicted octanol–water partition coefficient (Wildman–Crippen LogP) is 1.90. The summed E-state index contributed by atoms with van der Waals surface area (Å²) in [6.45, 7) is 1.45. The molecule has 0 aliphatic carbocycles. The highest BCUT2D eigenvalue weighted by Crippen LogP contribution is 2.23. The second kappa shape index (κ2) is 6.02. The number of nitrogens with zero attached hydrogens (tertiary/aromatic N) is 2. The van der Waals surface area contributed by atoms with Crippen molar-refractivity contribution in [1.82, 2.24) is 4.98 Å². The van der Waals surface area contributed by atoms with E-state index in [0.29, 0.717) is 0 Å². The summed E-state index contributed by atoms with van der Waals surface area (Å²) in [4.78, 5) is 13.9. The summed E-state index contributed by atoms with van der Waals surface area (Å²) in [5, 5.41) is 17.6. The smallest absolute Gasteiger partial charge is 0.338 e. The Morgan fingerprint density at radius 1 is 1.39 bits per heavy atom. The Morgan fingerprint density at radius 3 is 2.61 bits per heavy atom. The third kappa shape index (κ3) is 3.44. The van der Waals surface area contributed by atoms with Gasteiger partial charge in [0.05, 0.1) is 17.4 Å². The molecule has 0 radical (unpaired) electrons. The lowest BCUT2D eigenvalue weighted by Gasteiger charge is -2.11. The van der Waals surface area contributed by atoms with Gasteiger partial charge < -0.3 is 5.11 Å². The van der Waals surface area contributed by atoms with Crippen molar-refractivity contribution in [3.63, 3.8) is 0 Å². The molecule has 0 aliphatic heterocycles. The number of sulfonamides is 1. The van der Waals surface area contributed by atoms with Crippen LogP contribution in [-0.2, 0) is 10.0 Å². The largest absolute Gasteiger partial charge is 0.478 e. The van der Waals surface area contributed by atoms with Gasteiger partial charge in [-0.25, -0.2) is 22.6 Å². The number of nitrogens with one attached hydrogen (secondary N) is 1. The summed E-state index contributed by atoms with van der Waals surface area (Å²) in [5.74, 6) is -2.92. The van der Waals surface area contributed by atoms with Crippen molar-refractivity contribution in [2.24, 2.45) is 0 Å². The first-order valence-corrected chi connectivity index (χ1v) is 7.65. The maximum atomic E-state index is 14.2. The average Bonchev–Trinajstić information content (AvgIpc) is 2.49. The highest BCUT2D eigenvalue weighted by Gasteiger charge is 2.25. The molecule has 0 fully saturated rings. The van der Waals surface area contributed by atoms with Crippen LogP contribution >= 0.6 is 0 Å². The van der Waals surface area contributed by atoms with Crippen molar-refractivity contribution in [2.75, 3.05) is 4.72 Å². The Morgan fingerprint density at radius 2 is 2.09 bits per heavy atom. The summed E-state index contributed by atoms with van der Waals surface area (Å²) < 4.78 is 40.8. The van der Waals surface area contributed by atoms with E-state index in [1.807, 2.05) is 0 Å². The monoisotopic (exact) mass is 335 g/mol. The third-order valence-corrected chi connectivity index (χ3v) is 4.21. The van der Waals surface area contributed by atoms with Crippen LogP contribution in [0.2, 0.25) is 0 Å². The highest BCUT2D eigenvalue weighted by atomic mass is 32.2. The number of pyridine rings is 1. The minimum absolute atomic E-state index is 0.0155. The Balaban J connectivity index is 2.47. The average molecular weight is 335 g/mol. The van der Waals surface area contributed by atoms with Crippen LogP contribution in [0.15, 0.2) is 35.4 Å². The van der Waals surface area contributed by atoms with E-state index < -0.39 is 32.3 Å². The fraction of sp³-hybridized carbons (Fsp3) is 0.0714. The molecule has 23 heavy (non-hydrogen) atoms. The molecule has 0 amide bonds. The third-order valence-electron chi connectivity index (χ3n) is 2.83. The van der Waals surface area contributed by atoms with Crippen molar-refractivity contribution in [3.05, 3.63) is 53.1 Å². The van der Waals surface area contributed by atoms with Crippen LogP contribution in [0.1, 0.15) is 21.6 Å². The van der Waals surface area contributed by atoms with E-state index in [1.54, 1.807) is 6.07 Å². The van der Waals surface area contributed by atoms with Gasteiger partial charge in [0.25, 0.3) is 10.0 Å². The summed E-state index contributed by atoms with van der Waals surface area (Å²) in [6.07, 6.45) is 1.10. The molecule has 0 spiro atoms. The minimum atomic E-state index is -4.35. The molecule has 0 atom stereocenters. The number of aromatic nitrogens is 1. The van der Waals surface area contributed by atoms with Gasteiger partial charge in [-0.05, 0) is 36.8 Å². The van der Waals surface area contributed by atoms with Gasteiger partial charge in [-0.3, -0.25) is 4.72 Å². The molecule has 1 heterocycles. The van der Waals surface area contributed by atoms with Gasteiger partial charge in [0.1, 0.15) is 16.7 Å². The number of anilines is 1. The van der Waals surface area contributed by atoms with Crippen LogP contribution in [0, 0.1) is 24.1 Å². The molecular formula is C14H10FN3O4S. The number of carbonyl (C=O) groups is 1. The molecule has 0 saturated carbocycles. The van der Waals surface area contributed by atoms with Crippen molar-refractivity contribution in [2.45, 2.75) is 11.8 Å². The van der Waals surface area contributed by atoms with E-state index in [2.05, 4.69) is 9.71 Å². The summed E-state index contributed by atoms with van der Waals surface area (Å²) in [6, 6.07) is 6.41. The quantitative estimate of drug-likeness (QED) is 0.880. The molecule has 118 valence electrons. The van der Waals surface area contributed by atoms with Crippen LogP contribution in [0.3, 0.4) is 0 Å². The maximum absolute atomic E-state index is 14.2. The fourth-order valence-corrected chi connectivity index (χ4v) is 3.05. The molecule has 0 unspecified atom stereocenters. The molecule has 1 aromatic heterocycles. The van der Waals surface area contributed by atoms with Crippen molar-refractivity contribution in [1.29, 1.82) is 5.26 Å². The van der Waals surface area contributed by atoms with Gasteiger partial charge >= 0.3 is 5.97 Å². The molecule has 1 aromatic carbocycles. The first-order chi connectivity index (χ1) is 10.7. The molecule has 0 saturated heterocycles. The lowest BCUT2D eigenvalue weighted by atomic mass is 10.1. The number of rotatable bonds is 4. The lowest BCUT2D eigenvalue weighted by molar-refractivity contribution is 0.0691. The number of carboxylic acid groups (broad SMARTS) is 1. The number of carboxylic acids is 1. The van der Waals surface area contributed by atoms with Gasteiger partial charge in [-0.2, -0.15) is 5.26 Å². The van der Waals surface area contributed by atoms with Gasteiger partial charge in [0.2, 0.25) is 0 Å². The minimum Gasteiger partial charge on any atom is -0.478 e. The Hall–Kier alpha value is -2.99. The summed E-state index contributed by atoms with van der Waals surface area (Å²) in [5.41, 5.74) is -0.352. The Labute approximate surface area is 131 Å². The first kappa shape index (κ1) is 16.4. The zero-order valence-electron chi connectivity index (χ0n) is 11.7. The van der Waals surface area contributed by atoms with Gasteiger partial charge in [-0.1, -0.05) is 0 Å². The molecule has 7 nitrogen and oxygen atoms in total. The number of hydrogen-bond acceptors (Lipinski definition) is 5. The number of benzene rings is 1. The van der Waals surface area contributed by atoms with E-state index in [1.165, 1.54) is 19.1 Å². The molecule has 2 N–H and O–H groups in total. The molecule has 0 bridgehead atoms. The van der Waals surface area contributed by atoms with E-state index in [4.69, 9.17) is 10.4 Å². The summed E-state index contributed by atoms with van der Waals surface area (Å²) in [7, 11) is -4.35. The van der Waals surface area contributed by atoms with Crippen molar-refractivity contribution >= 4 is 21.7 Å². The molecular weight excluding hydrogens is 325 g/mol. The molecule has 2 aromatic rings. The number of hydrogen-bond donors (Lipinski definition) is 2. The standard InChI is InChI=1S/C14H10FN3O4S/c1-8-4-11(14(19)20)13(15)12(5-8)23(21,22)18-10-3-2-9(6-16)17-7-10/h2-5,7,18H,1H3,(H,19,20). The molecule has 0 aliphatic rings. The first-order valence-electron chi connectivity index (χ1n) is 6.17. The van der Waals surface area contributed by atoms with Crippen molar-refractivity contribution in [3.8, 4) is 6.07 Å². The summed E-state index contributed by atoms with van der Waals surface area (Å²) >= 11 is 0. The Kier molecular flexibility index (Phi) is 4.29. The van der Waals surface area contributed by atoms with E-state index in [9.17, 15) is 17.6 Å². The zero-order valence-corrected chi connectivity index (χ0v) is 12.6. The van der Waals surface area contributed by atoms with Gasteiger partial charge in [-0.15, -0.1) is 0 Å². The molecule has 9 heteroatoms.